The van der Waals surface area contributed by atoms with Crippen LogP contribution in [-0.2, 0) is 25.5 Å². The number of benzene rings is 2. The second kappa shape index (κ2) is 8.42. The van der Waals surface area contributed by atoms with Crippen molar-refractivity contribution in [3.8, 4) is 5.75 Å². The second-order valence-corrected chi connectivity index (χ2v) is 7.87. The Labute approximate surface area is 188 Å². The van der Waals surface area contributed by atoms with Gasteiger partial charge in [0.15, 0.2) is 11.9 Å². The van der Waals surface area contributed by atoms with Crippen LogP contribution in [0.2, 0.25) is 0 Å². The number of hydrogen-bond donors (Lipinski definition) is 1. The molecule has 0 spiro atoms. The first-order valence-corrected chi connectivity index (χ1v) is 10.5. The number of carbonyl (C=O) groups excluding carboxylic acids is 4. The van der Waals surface area contributed by atoms with Crippen LogP contribution in [0.15, 0.2) is 60.6 Å². The van der Waals surface area contributed by atoms with E-state index in [4.69, 9.17) is 14.2 Å². The summed E-state index contributed by atoms with van der Waals surface area (Å²) in [6, 6.07) is 13.3. The van der Waals surface area contributed by atoms with E-state index in [-0.39, 0.29) is 36.5 Å². The summed E-state index contributed by atoms with van der Waals surface area (Å²) in [7, 11) is 0. The quantitative estimate of drug-likeness (QED) is 0.672. The number of hydrogen-bond acceptors (Lipinski definition) is 7. The van der Waals surface area contributed by atoms with Crippen LogP contribution >= 0.6 is 0 Å². The molecule has 0 saturated carbocycles. The third kappa shape index (κ3) is 3.82. The molecule has 9 heteroatoms. The maximum atomic E-state index is 13.3. The molecule has 5 rings (SSSR count). The fourth-order valence-electron chi connectivity index (χ4n) is 4.19. The van der Waals surface area contributed by atoms with E-state index in [9.17, 15) is 19.2 Å². The predicted octanol–water partition coefficient (Wildman–Crippen LogP) is 1.92. The highest BCUT2D eigenvalue weighted by Gasteiger charge is 2.46. The third-order valence-corrected chi connectivity index (χ3v) is 5.77. The van der Waals surface area contributed by atoms with Gasteiger partial charge in [0.25, 0.3) is 11.8 Å². The average Bonchev–Trinajstić information content (AvgIpc) is 3.43. The Morgan fingerprint density at radius 2 is 1.85 bits per heavy atom. The van der Waals surface area contributed by atoms with Crippen LogP contribution in [0.25, 0.3) is 0 Å². The number of nitrogens with one attached hydrogen (secondary N) is 1. The first-order valence-electron chi connectivity index (χ1n) is 10.5. The van der Waals surface area contributed by atoms with Crippen molar-refractivity contribution in [2.75, 3.05) is 6.79 Å². The van der Waals surface area contributed by atoms with E-state index in [1.54, 1.807) is 12.1 Å². The van der Waals surface area contributed by atoms with Gasteiger partial charge >= 0.3 is 0 Å². The SMILES string of the molecule is O=C1CCC(N2C(=O)c3cccc(OC(Cc4ccccc4)C4=COCO4)c3C2=O)C(=O)N1. The van der Waals surface area contributed by atoms with Crippen molar-refractivity contribution in [1.82, 2.24) is 10.2 Å². The van der Waals surface area contributed by atoms with E-state index in [2.05, 4.69) is 5.32 Å². The zero-order valence-electron chi connectivity index (χ0n) is 17.5. The van der Waals surface area contributed by atoms with E-state index in [0.29, 0.717) is 12.2 Å². The number of ether oxygens (including phenoxy) is 3. The number of imide groups is 2. The van der Waals surface area contributed by atoms with Gasteiger partial charge in [0.1, 0.15) is 18.1 Å². The minimum atomic E-state index is -1.04. The van der Waals surface area contributed by atoms with Crippen LogP contribution in [0.5, 0.6) is 5.75 Å². The fourth-order valence-corrected chi connectivity index (χ4v) is 4.19. The van der Waals surface area contributed by atoms with Gasteiger partial charge < -0.3 is 14.2 Å². The van der Waals surface area contributed by atoms with Crippen molar-refractivity contribution in [3.05, 3.63) is 77.2 Å². The number of piperidine rings is 1. The van der Waals surface area contributed by atoms with Crippen LogP contribution in [-0.4, -0.2) is 47.5 Å². The molecule has 0 radical (unpaired) electrons. The molecule has 2 aromatic carbocycles. The summed E-state index contributed by atoms with van der Waals surface area (Å²) in [5.41, 5.74) is 1.22. The number of nitrogens with zero attached hydrogens (tertiary/aromatic N) is 1. The molecule has 3 heterocycles. The second-order valence-electron chi connectivity index (χ2n) is 7.87. The summed E-state index contributed by atoms with van der Waals surface area (Å²) >= 11 is 0. The Balaban J connectivity index is 1.45. The van der Waals surface area contributed by atoms with Gasteiger partial charge in [-0.15, -0.1) is 0 Å². The van der Waals surface area contributed by atoms with Gasteiger partial charge in [0.05, 0.1) is 11.1 Å². The lowest BCUT2D eigenvalue weighted by atomic mass is 10.0. The average molecular weight is 448 g/mol. The summed E-state index contributed by atoms with van der Waals surface area (Å²) in [4.78, 5) is 51.1. The van der Waals surface area contributed by atoms with E-state index < -0.39 is 35.8 Å². The minimum absolute atomic E-state index is 0.0534. The number of carbonyl (C=O) groups is 4. The maximum Gasteiger partial charge on any atom is 0.266 e. The summed E-state index contributed by atoms with van der Waals surface area (Å²) in [6.07, 6.45) is 1.45. The Bertz CT molecular complexity index is 1170. The number of fused-ring (bicyclic) bond motifs is 1. The summed E-state index contributed by atoms with van der Waals surface area (Å²) in [5.74, 6) is -1.63. The lowest BCUT2D eigenvalue weighted by Crippen LogP contribution is -2.54. The highest BCUT2D eigenvalue weighted by atomic mass is 16.7. The van der Waals surface area contributed by atoms with E-state index >= 15 is 0 Å². The molecule has 4 amide bonds. The molecule has 2 aromatic rings. The summed E-state index contributed by atoms with van der Waals surface area (Å²) < 4.78 is 16.9. The Hall–Kier alpha value is -4.14. The molecule has 2 unspecified atom stereocenters. The summed E-state index contributed by atoms with van der Waals surface area (Å²) in [6.45, 7) is 0.0670. The van der Waals surface area contributed by atoms with E-state index in [1.165, 1.54) is 12.3 Å². The molecule has 9 nitrogen and oxygen atoms in total. The number of amides is 4. The van der Waals surface area contributed by atoms with Gasteiger partial charge in [0.2, 0.25) is 18.6 Å². The van der Waals surface area contributed by atoms with Crippen LogP contribution in [0, 0.1) is 0 Å². The zero-order valence-corrected chi connectivity index (χ0v) is 17.5. The zero-order chi connectivity index (χ0) is 22.9. The van der Waals surface area contributed by atoms with E-state index in [0.717, 1.165) is 10.5 Å². The molecule has 0 aromatic heterocycles. The molecule has 2 atom stereocenters. The summed E-state index contributed by atoms with van der Waals surface area (Å²) in [5, 5.41) is 2.19. The van der Waals surface area contributed by atoms with Crippen molar-refractivity contribution in [3.63, 3.8) is 0 Å². The molecule has 33 heavy (non-hydrogen) atoms. The molecule has 0 aliphatic carbocycles. The molecule has 0 bridgehead atoms. The Morgan fingerprint density at radius 3 is 2.58 bits per heavy atom. The van der Waals surface area contributed by atoms with Crippen LogP contribution in [0.3, 0.4) is 0 Å². The Morgan fingerprint density at radius 1 is 1.03 bits per heavy atom. The van der Waals surface area contributed by atoms with Crippen LogP contribution in [0.1, 0.15) is 39.1 Å². The topological polar surface area (TPSA) is 111 Å². The molecular weight excluding hydrogens is 428 g/mol. The first kappa shape index (κ1) is 20.7. The highest BCUT2D eigenvalue weighted by molar-refractivity contribution is 6.24. The lowest BCUT2D eigenvalue weighted by Gasteiger charge is -2.28. The van der Waals surface area contributed by atoms with Crippen LogP contribution < -0.4 is 10.1 Å². The van der Waals surface area contributed by atoms with Crippen molar-refractivity contribution in [1.29, 1.82) is 0 Å². The fraction of sp³-hybridized carbons (Fsp3) is 0.250. The minimum Gasteiger partial charge on any atom is -0.481 e. The molecule has 3 aliphatic rings. The maximum absolute atomic E-state index is 13.3. The number of rotatable bonds is 6. The Kier molecular flexibility index (Phi) is 5.29. The predicted molar refractivity (Wildman–Crippen MR) is 113 cm³/mol. The standard InChI is InChI=1S/C24H20N2O7/c27-20-10-9-16(22(28)25-20)26-23(29)15-7-4-8-17(21(15)24(26)30)33-18(19-12-31-13-32-19)11-14-5-2-1-3-6-14/h1-8,12,16,18H,9-11,13H2,(H,25,27,28). The van der Waals surface area contributed by atoms with Gasteiger partial charge in [-0.3, -0.25) is 29.4 Å². The lowest BCUT2D eigenvalue weighted by molar-refractivity contribution is -0.136. The van der Waals surface area contributed by atoms with Crippen LogP contribution in [0.4, 0.5) is 0 Å². The molecule has 1 N–H and O–H groups in total. The molecular formula is C24H20N2O7. The van der Waals surface area contributed by atoms with Crippen molar-refractivity contribution in [2.24, 2.45) is 0 Å². The van der Waals surface area contributed by atoms with Crippen molar-refractivity contribution in [2.45, 2.75) is 31.4 Å². The van der Waals surface area contributed by atoms with Gasteiger partial charge in [-0.25, -0.2) is 0 Å². The molecule has 1 fully saturated rings. The van der Waals surface area contributed by atoms with Gasteiger partial charge in [0, 0.05) is 12.8 Å². The molecule has 168 valence electrons. The van der Waals surface area contributed by atoms with Gasteiger partial charge in [-0.1, -0.05) is 36.4 Å². The third-order valence-electron chi connectivity index (χ3n) is 5.77. The van der Waals surface area contributed by atoms with E-state index in [1.807, 2.05) is 30.3 Å². The first-order chi connectivity index (χ1) is 16.0. The monoisotopic (exact) mass is 448 g/mol. The molecule has 3 aliphatic heterocycles. The normalized spacial score (nSPS) is 20.5. The molecule has 1 saturated heterocycles. The highest BCUT2D eigenvalue weighted by Crippen LogP contribution is 2.35. The van der Waals surface area contributed by atoms with Crippen molar-refractivity contribution >= 4 is 23.6 Å². The largest absolute Gasteiger partial charge is 0.481 e. The van der Waals surface area contributed by atoms with Gasteiger partial charge in [-0.2, -0.15) is 0 Å². The van der Waals surface area contributed by atoms with Crippen molar-refractivity contribution < 1.29 is 33.4 Å². The van der Waals surface area contributed by atoms with Gasteiger partial charge in [-0.05, 0) is 24.1 Å². The smallest absolute Gasteiger partial charge is 0.266 e.